The van der Waals surface area contributed by atoms with Crippen molar-refractivity contribution in [2.75, 3.05) is 6.61 Å². The van der Waals surface area contributed by atoms with Gasteiger partial charge in [0.05, 0.1) is 23.4 Å². The first-order chi connectivity index (χ1) is 17.8. The largest absolute Gasteiger partial charge is 0.490 e. The summed E-state index contributed by atoms with van der Waals surface area (Å²) in [7, 11) is 0. The molecule has 1 atom stereocenters. The third kappa shape index (κ3) is 8.33. The number of halogens is 2. The lowest BCUT2D eigenvalue weighted by atomic mass is 10.0. The summed E-state index contributed by atoms with van der Waals surface area (Å²) in [6, 6.07) is 19.2. The minimum absolute atomic E-state index is 0.173. The summed E-state index contributed by atoms with van der Waals surface area (Å²) in [5, 5.41) is 7.12. The Labute approximate surface area is 230 Å². The zero-order chi connectivity index (χ0) is 26.8. The predicted octanol–water partition coefficient (Wildman–Crippen LogP) is 5.98. The molecule has 0 bridgehead atoms. The second kappa shape index (κ2) is 13.8. The molecular weight excluding hydrogens is 558 g/mol. The van der Waals surface area contributed by atoms with Crippen molar-refractivity contribution >= 4 is 45.6 Å². The lowest BCUT2D eigenvalue weighted by Gasteiger charge is -2.20. The van der Waals surface area contributed by atoms with Crippen molar-refractivity contribution in [1.82, 2.24) is 10.7 Å². The fourth-order valence-electron chi connectivity index (χ4n) is 3.37. The Balaban J connectivity index is 1.64. The Hall–Kier alpha value is -3.36. The van der Waals surface area contributed by atoms with Gasteiger partial charge in [0.15, 0.2) is 11.5 Å². The van der Waals surface area contributed by atoms with Crippen molar-refractivity contribution in [3.8, 4) is 11.5 Å². The number of carbonyl (C=O) groups is 2. The zero-order valence-electron chi connectivity index (χ0n) is 20.8. The predicted molar refractivity (Wildman–Crippen MR) is 149 cm³/mol. The number of nitrogens with zero attached hydrogens (tertiary/aromatic N) is 1. The maximum absolute atomic E-state index is 12.8. The van der Waals surface area contributed by atoms with E-state index >= 15 is 0 Å². The van der Waals surface area contributed by atoms with Gasteiger partial charge >= 0.3 is 0 Å². The maximum atomic E-state index is 12.8. The van der Waals surface area contributed by atoms with E-state index in [0.717, 1.165) is 10.0 Å². The standard InChI is InChI=1S/C28H29BrClN3O4/c1-4-36-25-15-20(11-14-24(25)37-17-19-9-12-21(29)13-10-19)16-31-33-28(35)26(18(2)3)32-27(34)22-7-5-6-8-23(22)30/h5-16,18,26H,4,17H2,1-3H3,(H,32,34)(H,33,35)/b31-16-. The number of ether oxygens (including phenoxy) is 2. The Morgan fingerprint density at radius 2 is 1.76 bits per heavy atom. The Kier molecular flexibility index (Phi) is 10.5. The average Bonchev–Trinajstić information content (AvgIpc) is 2.87. The molecule has 37 heavy (non-hydrogen) atoms. The molecule has 3 aromatic rings. The number of rotatable bonds is 11. The molecule has 0 aromatic heterocycles. The van der Waals surface area contributed by atoms with E-state index < -0.39 is 17.9 Å². The second-order valence-electron chi connectivity index (χ2n) is 8.46. The fourth-order valence-corrected chi connectivity index (χ4v) is 3.86. The molecule has 7 nitrogen and oxygen atoms in total. The molecule has 0 aliphatic carbocycles. The summed E-state index contributed by atoms with van der Waals surface area (Å²) >= 11 is 9.54. The van der Waals surface area contributed by atoms with Crippen molar-refractivity contribution < 1.29 is 19.1 Å². The first kappa shape index (κ1) is 28.2. The highest BCUT2D eigenvalue weighted by Crippen LogP contribution is 2.29. The molecule has 3 rings (SSSR count). The summed E-state index contributed by atoms with van der Waals surface area (Å²) in [6.45, 7) is 6.42. The van der Waals surface area contributed by atoms with Crippen LogP contribution in [0.25, 0.3) is 0 Å². The third-order valence-electron chi connectivity index (χ3n) is 5.32. The van der Waals surface area contributed by atoms with E-state index in [-0.39, 0.29) is 5.92 Å². The lowest BCUT2D eigenvalue weighted by molar-refractivity contribution is -0.123. The van der Waals surface area contributed by atoms with Gasteiger partial charge in [0.2, 0.25) is 0 Å². The number of hydrazone groups is 1. The van der Waals surface area contributed by atoms with E-state index in [1.807, 2.05) is 51.1 Å². The van der Waals surface area contributed by atoms with E-state index in [0.29, 0.717) is 40.9 Å². The van der Waals surface area contributed by atoms with Crippen molar-refractivity contribution in [3.05, 3.63) is 92.9 Å². The van der Waals surface area contributed by atoms with E-state index in [2.05, 4.69) is 31.8 Å². The van der Waals surface area contributed by atoms with Crippen LogP contribution in [0.3, 0.4) is 0 Å². The first-order valence-electron chi connectivity index (χ1n) is 11.8. The fraction of sp³-hybridized carbons (Fsp3) is 0.250. The highest BCUT2D eigenvalue weighted by atomic mass is 79.9. The highest BCUT2D eigenvalue weighted by molar-refractivity contribution is 9.10. The molecule has 0 radical (unpaired) electrons. The molecule has 2 amide bonds. The van der Waals surface area contributed by atoms with Gasteiger partial charge in [-0.15, -0.1) is 0 Å². The van der Waals surface area contributed by atoms with Crippen LogP contribution in [0.5, 0.6) is 11.5 Å². The van der Waals surface area contributed by atoms with Gasteiger partial charge in [-0.05, 0) is 66.4 Å². The minimum atomic E-state index is -0.797. The van der Waals surface area contributed by atoms with Gasteiger partial charge in [-0.2, -0.15) is 5.10 Å². The first-order valence-corrected chi connectivity index (χ1v) is 13.0. The molecule has 0 spiro atoms. The van der Waals surface area contributed by atoms with Gasteiger partial charge in [0.1, 0.15) is 12.6 Å². The van der Waals surface area contributed by atoms with Gasteiger partial charge in [-0.3, -0.25) is 9.59 Å². The third-order valence-corrected chi connectivity index (χ3v) is 6.18. The van der Waals surface area contributed by atoms with E-state index in [1.54, 1.807) is 36.4 Å². The number of carbonyl (C=O) groups excluding carboxylic acids is 2. The molecule has 0 saturated carbocycles. The number of hydrogen-bond donors (Lipinski definition) is 2. The number of nitrogens with one attached hydrogen (secondary N) is 2. The summed E-state index contributed by atoms with van der Waals surface area (Å²) in [5.74, 6) is 0.137. The van der Waals surface area contributed by atoms with Crippen LogP contribution in [0.1, 0.15) is 42.3 Å². The summed E-state index contributed by atoms with van der Waals surface area (Å²) in [4.78, 5) is 25.4. The zero-order valence-corrected chi connectivity index (χ0v) is 23.2. The minimum Gasteiger partial charge on any atom is -0.490 e. The normalized spacial score (nSPS) is 11.8. The summed E-state index contributed by atoms with van der Waals surface area (Å²) in [5.41, 5.74) is 4.55. The smallest absolute Gasteiger partial charge is 0.262 e. The van der Waals surface area contributed by atoms with Crippen molar-refractivity contribution in [1.29, 1.82) is 0 Å². The Morgan fingerprint density at radius 3 is 2.43 bits per heavy atom. The van der Waals surface area contributed by atoms with E-state index in [1.165, 1.54) is 6.21 Å². The van der Waals surface area contributed by atoms with Crippen LogP contribution in [0.15, 0.2) is 76.3 Å². The topological polar surface area (TPSA) is 89.0 Å². The summed E-state index contributed by atoms with van der Waals surface area (Å²) in [6.07, 6.45) is 1.51. The molecule has 0 heterocycles. The van der Waals surface area contributed by atoms with Crippen molar-refractivity contribution in [2.45, 2.75) is 33.4 Å². The molecule has 0 aliphatic rings. The van der Waals surface area contributed by atoms with Crippen LogP contribution < -0.4 is 20.2 Å². The van der Waals surface area contributed by atoms with Crippen LogP contribution in [0.4, 0.5) is 0 Å². The van der Waals surface area contributed by atoms with Crippen molar-refractivity contribution in [3.63, 3.8) is 0 Å². The average molecular weight is 587 g/mol. The molecule has 194 valence electrons. The quantitative estimate of drug-likeness (QED) is 0.214. The number of amides is 2. The number of hydrogen-bond acceptors (Lipinski definition) is 5. The highest BCUT2D eigenvalue weighted by Gasteiger charge is 2.25. The van der Waals surface area contributed by atoms with Crippen LogP contribution in [0.2, 0.25) is 5.02 Å². The maximum Gasteiger partial charge on any atom is 0.262 e. The molecule has 2 N–H and O–H groups in total. The molecule has 1 unspecified atom stereocenters. The van der Waals surface area contributed by atoms with Gasteiger partial charge in [0, 0.05) is 4.47 Å². The van der Waals surface area contributed by atoms with Gasteiger partial charge in [-0.1, -0.05) is 65.6 Å². The Morgan fingerprint density at radius 1 is 1.03 bits per heavy atom. The molecule has 0 saturated heterocycles. The van der Waals surface area contributed by atoms with Gasteiger partial charge in [0.25, 0.3) is 11.8 Å². The molecule has 9 heteroatoms. The van der Waals surface area contributed by atoms with E-state index in [9.17, 15) is 9.59 Å². The SMILES string of the molecule is CCOc1cc(/C=N\NC(=O)C(NC(=O)c2ccccc2Cl)C(C)C)ccc1OCc1ccc(Br)cc1. The van der Waals surface area contributed by atoms with Crippen molar-refractivity contribution in [2.24, 2.45) is 11.0 Å². The lowest BCUT2D eigenvalue weighted by Crippen LogP contribution is -2.48. The molecular formula is C28H29BrClN3O4. The molecule has 0 aliphatic heterocycles. The van der Waals surface area contributed by atoms with Crippen LogP contribution in [-0.2, 0) is 11.4 Å². The monoisotopic (exact) mass is 585 g/mol. The number of benzene rings is 3. The van der Waals surface area contributed by atoms with E-state index in [4.69, 9.17) is 21.1 Å². The second-order valence-corrected chi connectivity index (χ2v) is 9.79. The van der Waals surface area contributed by atoms with Crippen LogP contribution in [-0.4, -0.2) is 30.7 Å². The summed E-state index contributed by atoms with van der Waals surface area (Å²) < 4.78 is 12.7. The molecule has 3 aromatic carbocycles. The van der Waals surface area contributed by atoms with Gasteiger partial charge < -0.3 is 14.8 Å². The van der Waals surface area contributed by atoms with Gasteiger partial charge in [-0.25, -0.2) is 5.43 Å². The Bertz CT molecular complexity index is 1250. The van der Waals surface area contributed by atoms with Crippen LogP contribution >= 0.6 is 27.5 Å². The van der Waals surface area contributed by atoms with Crippen LogP contribution in [0, 0.1) is 5.92 Å². The molecule has 0 fully saturated rings.